The van der Waals surface area contributed by atoms with E-state index in [1.807, 2.05) is 0 Å². The van der Waals surface area contributed by atoms with E-state index in [0.717, 1.165) is 54.9 Å². The van der Waals surface area contributed by atoms with Gasteiger partial charge in [-0.05, 0) is 85.8 Å². The molecule has 0 saturated heterocycles. The molecule has 1 nitrogen and oxygen atoms in total. The summed E-state index contributed by atoms with van der Waals surface area (Å²) < 4.78 is 27.9. The Hall–Kier alpha value is -1.43. The Morgan fingerprint density at radius 3 is 2.00 bits per heavy atom. The fourth-order valence-corrected chi connectivity index (χ4v) is 5.79. The van der Waals surface area contributed by atoms with Crippen LogP contribution in [0.4, 0.5) is 8.78 Å². The van der Waals surface area contributed by atoms with Crippen molar-refractivity contribution in [1.82, 2.24) is 0 Å². The van der Waals surface area contributed by atoms with Crippen molar-refractivity contribution in [2.24, 2.45) is 23.7 Å². The molecule has 3 rings (SSSR count). The summed E-state index contributed by atoms with van der Waals surface area (Å²) in [4.78, 5) is 0. The lowest BCUT2D eigenvalue weighted by atomic mass is 9.66. The minimum absolute atomic E-state index is 0.227. The second kappa shape index (κ2) is 9.86. The van der Waals surface area contributed by atoms with E-state index in [9.17, 15) is 8.78 Å². The largest absolute Gasteiger partial charge is 0.205 e. The van der Waals surface area contributed by atoms with Crippen LogP contribution in [0.1, 0.15) is 102 Å². The van der Waals surface area contributed by atoms with Crippen molar-refractivity contribution in [2.45, 2.75) is 90.4 Å². The van der Waals surface area contributed by atoms with E-state index >= 15 is 0 Å². The number of hydrogen-bond acceptors (Lipinski definition) is 1. The molecule has 0 N–H and O–H groups in total. The number of benzene rings is 1. The van der Waals surface area contributed by atoms with Gasteiger partial charge in [-0.25, -0.2) is 8.78 Å². The monoisotopic (exact) mass is 387 g/mol. The maximum atomic E-state index is 14.0. The molecule has 1 aromatic rings. The first-order valence-electron chi connectivity index (χ1n) is 11.4. The third kappa shape index (κ3) is 4.94. The summed E-state index contributed by atoms with van der Waals surface area (Å²) in [6.07, 6.45) is 14.0. The third-order valence-corrected chi connectivity index (χ3v) is 7.76. The van der Waals surface area contributed by atoms with E-state index in [0.29, 0.717) is 0 Å². The van der Waals surface area contributed by atoms with Crippen LogP contribution in [-0.4, -0.2) is 0 Å². The molecule has 0 heterocycles. The fraction of sp³-hybridized carbons (Fsp3) is 0.720. The number of nitriles is 1. The first kappa shape index (κ1) is 21.3. The molecule has 1 aromatic carbocycles. The highest BCUT2D eigenvalue weighted by molar-refractivity contribution is 5.36. The lowest BCUT2D eigenvalue weighted by Gasteiger charge is -2.39. The van der Waals surface area contributed by atoms with Crippen LogP contribution >= 0.6 is 0 Å². The number of nitrogens with zero attached hydrogens (tertiary/aromatic N) is 1. The topological polar surface area (TPSA) is 23.8 Å². The number of halogens is 2. The van der Waals surface area contributed by atoms with Gasteiger partial charge >= 0.3 is 0 Å². The van der Waals surface area contributed by atoms with Crippen molar-refractivity contribution >= 4 is 0 Å². The Kier molecular flexibility index (Phi) is 7.49. The molecule has 154 valence electrons. The molecular weight excluding hydrogens is 352 g/mol. The molecular formula is C25H35F2N. The van der Waals surface area contributed by atoms with E-state index < -0.39 is 17.2 Å². The molecule has 3 heteroatoms. The van der Waals surface area contributed by atoms with Gasteiger partial charge in [0.1, 0.15) is 23.3 Å². The van der Waals surface area contributed by atoms with Crippen LogP contribution in [0.5, 0.6) is 0 Å². The fourth-order valence-electron chi connectivity index (χ4n) is 5.79. The highest BCUT2D eigenvalue weighted by atomic mass is 19.1. The predicted molar refractivity (Wildman–Crippen MR) is 110 cm³/mol. The van der Waals surface area contributed by atoms with Crippen molar-refractivity contribution in [3.63, 3.8) is 0 Å². The molecule has 0 aromatic heterocycles. The van der Waals surface area contributed by atoms with Crippen LogP contribution in [0.2, 0.25) is 0 Å². The molecule has 2 aliphatic rings. The highest BCUT2D eigenvalue weighted by Crippen LogP contribution is 2.45. The predicted octanol–water partition coefficient (Wildman–Crippen LogP) is 7.74. The van der Waals surface area contributed by atoms with Crippen molar-refractivity contribution < 1.29 is 8.78 Å². The smallest absolute Gasteiger partial charge is 0.144 e. The first-order chi connectivity index (χ1) is 13.5. The molecule has 0 amide bonds. The summed E-state index contributed by atoms with van der Waals surface area (Å²) in [5.74, 6) is 2.14. The second-order valence-electron chi connectivity index (χ2n) is 9.37. The molecule has 2 fully saturated rings. The van der Waals surface area contributed by atoms with Gasteiger partial charge in [-0.3, -0.25) is 0 Å². The minimum atomic E-state index is -0.715. The lowest BCUT2D eigenvalue weighted by Crippen LogP contribution is -2.28. The van der Waals surface area contributed by atoms with Crippen LogP contribution in [0.15, 0.2) is 12.1 Å². The van der Waals surface area contributed by atoms with E-state index in [2.05, 4.69) is 13.8 Å². The van der Waals surface area contributed by atoms with E-state index in [1.54, 1.807) is 6.07 Å². The quantitative estimate of drug-likeness (QED) is 0.489. The standard InChI is InChI=1S/C25H35F2N/c1-3-4-5-18-6-8-19(9-7-18)17(2)20-10-12-21(13-11-20)22-14-24(26)23(16-28)25(27)15-22/h14-15,17-21H,3-13H2,1-2H3. The molecule has 1 atom stereocenters. The number of unbranched alkanes of at least 4 members (excludes halogenated alkanes) is 1. The van der Waals surface area contributed by atoms with Crippen molar-refractivity contribution in [1.29, 1.82) is 5.26 Å². The maximum absolute atomic E-state index is 14.0. The van der Waals surface area contributed by atoms with Gasteiger partial charge in [0, 0.05) is 0 Å². The van der Waals surface area contributed by atoms with E-state index in [1.165, 1.54) is 57.1 Å². The Balaban J connectivity index is 1.51. The molecule has 0 spiro atoms. The molecule has 2 aliphatic carbocycles. The SMILES string of the molecule is CCCCC1CCC(C(C)C2CCC(c3cc(F)c(C#N)c(F)c3)CC2)CC1. The van der Waals surface area contributed by atoms with Crippen LogP contribution < -0.4 is 0 Å². The molecule has 0 radical (unpaired) electrons. The summed E-state index contributed by atoms with van der Waals surface area (Å²) >= 11 is 0. The number of hydrogen-bond donors (Lipinski definition) is 0. The molecule has 0 bridgehead atoms. The third-order valence-electron chi connectivity index (χ3n) is 7.76. The zero-order valence-corrected chi connectivity index (χ0v) is 17.5. The second-order valence-corrected chi connectivity index (χ2v) is 9.37. The van der Waals surface area contributed by atoms with E-state index in [-0.39, 0.29) is 5.92 Å². The molecule has 1 unspecified atom stereocenters. The van der Waals surface area contributed by atoms with Gasteiger partial charge < -0.3 is 0 Å². The van der Waals surface area contributed by atoms with Gasteiger partial charge in [-0.2, -0.15) is 5.26 Å². The zero-order valence-electron chi connectivity index (χ0n) is 17.5. The van der Waals surface area contributed by atoms with Gasteiger partial charge in [-0.15, -0.1) is 0 Å². The summed E-state index contributed by atoms with van der Waals surface area (Å²) in [7, 11) is 0. The van der Waals surface area contributed by atoms with Crippen molar-refractivity contribution in [3.8, 4) is 6.07 Å². The zero-order chi connectivity index (χ0) is 20.1. The van der Waals surface area contributed by atoms with Crippen molar-refractivity contribution in [3.05, 3.63) is 34.9 Å². The summed E-state index contributed by atoms with van der Waals surface area (Å²) in [5.41, 5.74) is 0.275. The molecule has 2 saturated carbocycles. The summed E-state index contributed by atoms with van der Waals surface area (Å²) in [5, 5.41) is 8.85. The van der Waals surface area contributed by atoms with Gasteiger partial charge in [-0.1, -0.05) is 46.0 Å². The Morgan fingerprint density at radius 1 is 0.964 bits per heavy atom. The average molecular weight is 388 g/mol. The van der Waals surface area contributed by atoms with Crippen LogP contribution in [-0.2, 0) is 0 Å². The van der Waals surface area contributed by atoms with Gasteiger partial charge in [0.2, 0.25) is 0 Å². The van der Waals surface area contributed by atoms with Crippen LogP contribution in [0, 0.1) is 46.6 Å². The molecule has 0 aliphatic heterocycles. The number of rotatable bonds is 6. The normalized spacial score (nSPS) is 29.2. The van der Waals surface area contributed by atoms with Crippen LogP contribution in [0.3, 0.4) is 0 Å². The average Bonchev–Trinajstić information content (AvgIpc) is 2.72. The highest BCUT2D eigenvalue weighted by Gasteiger charge is 2.32. The lowest BCUT2D eigenvalue weighted by molar-refractivity contribution is 0.131. The van der Waals surface area contributed by atoms with Gasteiger partial charge in [0.25, 0.3) is 0 Å². The minimum Gasteiger partial charge on any atom is -0.205 e. The Bertz CT molecular complexity index is 653. The van der Waals surface area contributed by atoms with Gasteiger partial charge in [0.05, 0.1) is 0 Å². The molecule has 28 heavy (non-hydrogen) atoms. The van der Waals surface area contributed by atoms with E-state index in [4.69, 9.17) is 5.26 Å². The van der Waals surface area contributed by atoms with Gasteiger partial charge in [0.15, 0.2) is 0 Å². The summed E-state index contributed by atoms with van der Waals surface area (Å²) in [6, 6.07) is 4.38. The first-order valence-corrected chi connectivity index (χ1v) is 11.4. The Labute approximate surface area is 169 Å². The van der Waals surface area contributed by atoms with Crippen molar-refractivity contribution in [2.75, 3.05) is 0 Å². The summed E-state index contributed by atoms with van der Waals surface area (Å²) in [6.45, 7) is 4.73. The van der Waals surface area contributed by atoms with Crippen LogP contribution in [0.25, 0.3) is 0 Å². The maximum Gasteiger partial charge on any atom is 0.144 e. The Morgan fingerprint density at radius 2 is 1.50 bits per heavy atom.